The number of rotatable bonds is 10. The van der Waals surface area contributed by atoms with Crippen molar-refractivity contribution in [2.24, 2.45) is 0 Å². The topological polar surface area (TPSA) is 75.5 Å². The summed E-state index contributed by atoms with van der Waals surface area (Å²) < 4.78 is 124. The van der Waals surface area contributed by atoms with E-state index in [2.05, 4.69) is 75.0 Å². The van der Waals surface area contributed by atoms with E-state index in [1.165, 1.54) is 0 Å². The van der Waals surface area contributed by atoms with Gasteiger partial charge in [0.25, 0.3) is 0 Å². The van der Waals surface area contributed by atoms with Crippen LogP contribution in [-0.2, 0) is 28.6 Å². The Kier molecular flexibility index (Phi) is 7.86. The van der Waals surface area contributed by atoms with Crippen molar-refractivity contribution in [3.05, 3.63) is 4.91 Å². The minimum absolute atomic E-state index is 0.748. The third-order valence-electron chi connectivity index (χ3n) is 3.83. The zero-order chi connectivity index (χ0) is 24.8. The quantitative estimate of drug-likeness (QED) is 0.220. The van der Waals surface area contributed by atoms with Gasteiger partial charge in [0.15, 0.2) is 13.2 Å². The minimum atomic E-state index is -4.80. The summed E-state index contributed by atoms with van der Waals surface area (Å²) in [6.07, 6.45) is -3.46. The highest BCUT2D eigenvalue weighted by atomic mass is 35.5. The molecular formula is C12H10Cl4F8NO7+. The number of alkyl halides is 12. The van der Waals surface area contributed by atoms with Gasteiger partial charge in [-0.15, -0.1) is 0 Å². The smallest absolute Gasteiger partial charge is 0.335 e. The van der Waals surface area contributed by atoms with Crippen LogP contribution >= 0.6 is 46.4 Å². The maximum absolute atomic E-state index is 13.3. The van der Waals surface area contributed by atoms with Gasteiger partial charge in [0.2, 0.25) is 0 Å². The van der Waals surface area contributed by atoms with E-state index >= 15 is 0 Å². The van der Waals surface area contributed by atoms with E-state index in [1.54, 1.807) is 0 Å². The Morgan fingerprint density at radius 2 is 1.00 bits per heavy atom. The fourth-order valence-corrected chi connectivity index (χ4v) is 3.40. The lowest BCUT2D eigenvalue weighted by Crippen LogP contribution is -2.57. The molecule has 2 heterocycles. The molecule has 0 aliphatic carbocycles. The summed E-state index contributed by atoms with van der Waals surface area (Å²) in [5, 5.41) is -20.0. The standard InChI is InChI=1S/C12H10Cl4F8NO7/c13-9(17,18)7(10(14,19)20)27-1-5(31-7)3-29-25(26)30-4-6-2-28-8(32-6,11(15,21)22)12(16,23)24/h5-6H,1-4H2/q+1. The summed E-state index contributed by atoms with van der Waals surface area (Å²) in [5.74, 6) is -8.16. The molecule has 188 valence electrons. The lowest BCUT2D eigenvalue weighted by molar-refractivity contribution is -0.982. The van der Waals surface area contributed by atoms with Crippen LogP contribution in [0.3, 0.4) is 0 Å². The molecule has 0 saturated carbocycles. The van der Waals surface area contributed by atoms with E-state index < -0.39 is 76.8 Å². The van der Waals surface area contributed by atoms with Crippen LogP contribution in [0.4, 0.5) is 35.1 Å². The molecule has 2 unspecified atom stereocenters. The zero-order valence-corrected chi connectivity index (χ0v) is 17.8. The van der Waals surface area contributed by atoms with Gasteiger partial charge in [-0.3, -0.25) is 0 Å². The molecule has 2 aliphatic rings. The summed E-state index contributed by atoms with van der Waals surface area (Å²) >= 11 is 18.3. The molecule has 32 heavy (non-hydrogen) atoms. The lowest BCUT2D eigenvalue weighted by Gasteiger charge is -2.33. The Morgan fingerprint density at radius 3 is 1.22 bits per heavy atom. The average Bonchev–Trinajstić information content (AvgIpc) is 3.22. The summed E-state index contributed by atoms with van der Waals surface area (Å²) in [7, 11) is 0. The molecular weight excluding hydrogens is 564 g/mol. The van der Waals surface area contributed by atoms with Gasteiger partial charge in [-0.1, -0.05) is 0 Å². The van der Waals surface area contributed by atoms with Gasteiger partial charge in [-0.2, -0.15) is 44.8 Å². The first-order chi connectivity index (χ1) is 14.3. The molecule has 2 aliphatic heterocycles. The van der Waals surface area contributed by atoms with E-state index in [1.807, 2.05) is 0 Å². The van der Waals surface area contributed by atoms with Gasteiger partial charge in [0, 0.05) is 0 Å². The molecule has 0 spiro atoms. The molecule has 2 saturated heterocycles. The van der Waals surface area contributed by atoms with Crippen LogP contribution in [0.15, 0.2) is 0 Å². The first kappa shape index (κ1) is 27.9. The van der Waals surface area contributed by atoms with E-state index in [0.717, 1.165) is 0 Å². The predicted octanol–water partition coefficient (Wildman–Crippen LogP) is 4.18. The minimum Gasteiger partial charge on any atom is -0.335 e. The number of halogens is 12. The van der Waals surface area contributed by atoms with Crippen molar-refractivity contribution in [2.75, 3.05) is 26.4 Å². The Hall–Kier alpha value is -0.360. The Labute approximate surface area is 192 Å². The normalized spacial score (nSPS) is 26.2. The predicted molar refractivity (Wildman–Crippen MR) is 85.8 cm³/mol. The third kappa shape index (κ3) is 5.31. The van der Waals surface area contributed by atoms with Crippen molar-refractivity contribution in [3.8, 4) is 0 Å². The molecule has 0 radical (unpaired) electrons. The summed E-state index contributed by atoms with van der Waals surface area (Å²) in [5.41, 5.74) is 0. The Morgan fingerprint density at radius 1 is 0.719 bits per heavy atom. The van der Waals surface area contributed by atoms with Crippen LogP contribution in [-0.4, -0.2) is 76.8 Å². The maximum atomic E-state index is 13.3. The van der Waals surface area contributed by atoms with Crippen LogP contribution in [0.5, 0.6) is 0 Å². The molecule has 0 bridgehead atoms. The summed E-state index contributed by atoms with van der Waals surface area (Å²) in [4.78, 5) is 20.1. The Bertz CT molecular complexity index is 615. The highest BCUT2D eigenvalue weighted by Gasteiger charge is 2.75. The molecule has 2 atom stereocenters. The number of nitrogens with zero attached hydrogens (tertiary/aromatic N) is 1. The van der Waals surface area contributed by atoms with Crippen molar-refractivity contribution in [1.82, 2.24) is 0 Å². The number of ether oxygens (including phenoxy) is 4. The zero-order valence-electron chi connectivity index (χ0n) is 14.8. The van der Waals surface area contributed by atoms with E-state index in [4.69, 9.17) is 0 Å². The van der Waals surface area contributed by atoms with Crippen LogP contribution in [0, 0.1) is 4.91 Å². The van der Waals surface area contributed by atoms with E-state index in [9.17, 15) is 40.0 Å². The number of hydrogen-bond donors (Lipinski definition) is 0. The maximum Gasteiger partial charge on any atom is 0.477 e. The van der Waals surface area contributed by atoms with Gasteiger partial charge in [0.05, 0.1) is 13.2 Å². The van der Waals surface area contributed by atoms with Crippen LogP contribution < -0.4 is 0 Å². The first-order valence-electron chi connectivity index (χ1n) is 7.89. The monoisotopic (exact) mass is 572 g/mol. The van der Waals surface area contributed by atoms with Gasteiger partial charge < -0.3 is 18.9 Å². The fraction of sp³-hybridized carbons (Fsp3) is 1.00. The van der Waals surface area contributed by atoms with Gasteiger partial charge >= 0.3 is 38.2 Å². The fourth-order valence-electron chi connectivity index (χ4n) is 2.43. The van der Waals surface area contributed by atoms with E-state index in [-0.39, 0.29) is 0 Å². The molecule has 2 fully saturated rings. The van der Waals surface area contributed by atoms with Crippen LogP contribution in [0.2, 0.25) is 0 Å². The summed E-state index contributed by atoms with van der Waals surface area (Å²) in [6, 6.07) is 0. The van der Waals surface area contributed by atoms with Crippen molar-refractivity contribution < 1.29 is 68.8 Å². The molecule has 0 N–H and O–H groups in total. The van der Waals surface area contributed by atoms with Crippen molar-refractivity contribution in [1.29, 1.82) is 0 Å². The molecule has 0 aromatic heterocycles. The van der Waals surface area contributed by atoms with Crippen molar-refractivity contribution in [3.63, 3.8) is 0 Å². The molecule has 0 aromatic rings. The average molecular weight is 574 g/mol. The number of hydrogen-bond acceptors (Lipinski definition) is 7. The third-order valence-corrected chi connectivity index (χ3v) is 4.83. The molecule has 20 heteroatoms. The molecule has 2 rings (SSSR count). The SMILES string of the molecule is O=[N+](OCC1COC(C(F)(F)Cl)(C(F)(F)Cl)O1)OCC1COC(C(F)(F)Cl)(C(F)(F)Cl)O1. The Balaban J connectivity index is 1.87. The molecule has 0 aromatic carbocycles. The second-order valence-electron chi connectivity index (χ2n) is 6.14. The van der Waals surface area contributed by atoms with Gasteiger partial charge in [-0.25, -0.2) is 0 Å². The second kappa shape index (κ2) is 9.02. The van der Waals surface area contributed by atoms with Crippen LogP contribution in [0.25, 0.3) is 0 Å². The van der Waals surface area contributed by atoms with Crippen molar-refractivity contribution in [2.45, 2.75) is 45.3 Å². The van der Waals surface area contributed by atoms with Gasteiger partial charge in [0.1, 0.15) is 17.1 Å². The van der Waals surface area contributed by atoms with Gasteiger partial charge in [-0.05, 0) is 46.4 Å². The lowest BCUT2D eigenvalue weighted by atomic mass is 10.3. The van der Waals surface area contributed by atoms with E-state index in [0.29, 0.717) is 0 Å². The molecule has 0 amide bonds. The highest BCUT2D eigenvalue weighted by molar-refractivity contribution is 6.26. The highest BCUT2D eigenvalue weighted by Crippen LogP contribution is 2.53. The van der Waals surface area contributed by atoms with Crippen LogP contribution in [0.1, 0.15) is 0 Å². The summed E-state index contributed by atoms with van der Waals surface area (Å²) in [6.45, 7) is -4.01. The second-order valence-corrected chi connectivity index (χ2v) is 8.04. The largest absolute Gasteiger partial charge is 0.477 e. The first-order valence-corrected chi connectivity index (χ1v) is 9.40. The molecule has 8 nitrogen and oxygen atoms in total. The van der Waals surface area contributed by atoms with Crippen molar-refractivity contribution >= 4 is 46.4 Å².